The van der Waals surface area contributed by atoms with Gasteiger partial charge in [0, 0.05) is 5.75 Å². The van der Waals surface area contributed by atoms with E-state index < -0.39 is 0 Å². The Labute approximate surface area is 98.2 Å². The van der Waals surface area contributed by atoms with Crippen molar-refractivity contribution >= 4 is 11.8 Å². The number of aliphatic hydroxyl groups is 1. The Morgan fingerprint density at radius 3 is 2.60 bits per heavy atom. The third kappa shape index (κ3) is 3.65. The second-order valence-corrected chi connectivity index (χ2v) is 5.90. The fraction of sp³-hybridized carbons (Fsp3) is 1.00. The van der Waals surface area contributed by atoms with E-state index in [2.05, 4.69) is 19.2 Å². The molecule has 1 aliphatic rings. The number of likely N-dealkylation sites (N-methyl/N-ethyl adjacent to an activating group) is 1. The molecule has 0 aromatic heterocycles. The largest absolute Gasteiger partial charge is 0.394 e. The van der Waals surface area contributed by atoms with E-state index >= 15 is 0 Å². The summed E-state index contributed by atoms with van der Waals surface area (Å²) in [6, 6.07) is 0. The molecule has 2 unspecified atom stereocenters. The average molecular weight is 231 g/mol. The molecule has 0 aliphatic heterocycles. The van der Waals surface area contributed by atoms with E-state index in [1.807, 2.05) is 18.8 Å². The number of hydrogen-bond acceptors (Lipinski definition) is 3. The Morgan fingerprint density at radius 2 is 2.20 bits per heavy atom. The van der Waals surface area contributed by atoms with Crippen LogP contribution in [0.5, 0.6) is 0 Å². The maximum atomic E-state index is 9.53. The Kier molecular flexibility index (Phi) is 5.44. The fourth-order valence-corrected chi connectivity index (χ4v) is 3.44. The lowest BCUT2D eigenvalue weighted by Gasteiger charge is -2.31. The van der Waals surface area contributed by atoms with Crippen LogP contribution in [0.25, 0.3) is 0 Å². The molecule has 2 atom stereocenters. The van der Waals surface area contributed by atoms with E-state index in [9.17, 15) is 5.11 Å². The van der Waals surface area contributed by atoms with Gasteiger partial charge < -0.3 is 10.4 Å². The van der Waals surface area contributed by atoms with Crippen molar-refractivity contribution in [3.8, 4) is 0 Å². The molecule has 0 saturated heterocycles. The normalized spacial score (nSPS) is 22.4. The van der Waals surface area contributed by atoms with Crippen LogP contribution >= 0.6 is 11.8 Å². The monoisotopic (exact) mass is 231 g/mol. The van der Waals surface area contributed by atoms with Gasteiger partial charge >= 0.3 is 0 Å². The summed E-state index contributed by atoms with van der Waals surface area (Å²) < 4.78 is 0. The van der Waals surface area contributed by atoms with Crippen molar-refractivity contribution in [3.05, 3.63) is 0 Å². The topological polar surface area (TPSA) is 32.3 Å². The van der Waals surface area contributed by atoms with Crippen LogP contribution in [0, 0.1) is 11.8 Å². The van der Waals surface area contributed by atoms with Crippen molar-refractivity contribution in [2.45, 2.75) is 38.6 Å². The second kappa shape index (κ2) is 6.12. The van der Waals surface area contributed by atoms with Gasteiger partial charge in [0.15, 0.2) is 0 Å². The van der Waals surface area contributed by atoms with E-state index in [4.69, 9.17) is 0 Å². The zero-order valence-electron chi connectivity index (χ0n) is 10.3. The van der Waals surface area contributed by atoms with Crippen molar-refractivity contribution < 1.29 is 5.11 Å². The summed E-state index contributed by atoms with van der Waals surface area (Å²) >= 11 is 1.99. The molecule has 0 bridgehead atoms. The van der Waals surface area contributed by atoms with Crippen LogP contribution in [0.1, 0.15) is 33.1 Å². The third-order valence-electron chi connectivity index (χ3n) is 3.60. The van der Waals surface area contributed by atoms with E-state index in [1.54, 1.807) is 0 Å². The Balaban J connectivity index is 2.31. The standard InChI is InChI=1S/C12H25NOS/c1-4-10(2)7-15-9-12(8-14,13-3)11-5-6-11/h10-11,13-14H,4-9H2,1-3H3. The first-order valence-corrected chi connectivity index (χ1v) is 7.21. The first kappa shape index (κ1) is 13.3. The molecule has 0 radical (unpaired) electrons. The lowest BCUT2D eigenvalue weighted by molar-refractivity contribution is 0.167. The number of hydrogen-bond donors (Lipinski definition) is 2. The van der Waals surface area contributed by atoms with Gasteiger partial charge in [-0.15, -0.1) is 0 Å². The predicted molar refractivity (Wildman–Crippen MR) is 68.4 cm³/mol. The molecule has 0 aromatic carbocycles. The van der Waals surface area contributed by atoms with E-state index in [0.29, 0.717) is 5.92 Å². The highest BCUT2D eigenvalue weighted by molar-refractivity contribution is 7.99. The quantitative estimate of drug-likeness (QED) is 0.671. The Hall–Kier alpha value is 0.270. The van der Waals surface area contributed by atoms with E-state index in [0.717, 1.165) is 11.7 Å². The van der Waals surface area contributed by atoms with Gasteiger partial charge in [-0.1, -0.05) is 20.3 Å². The van der Waals surface area contributed by atoms with Gasteiger partial charge in [0.05, 0.1) is 12.1 Å². The van der Waals surface area contributed by atoms with Crippen LogP contribution in [0.2, 0.25) is 0 Å². The fourth-order valence-electron chi connectivity index (χ4n) is 1.84. The van der Waals surface area contributed by atoms with Crippen LogP contribution in [0.3, 0.4) is 0 Å². The third-order valence-corrected chi connectivity index (χ3v) is 5.12. The Morgan fingerprint density at radius 1 is 1.53 bits per heavy atom. The van der Waals surface area contributed by atoms with Crippen molar-refractivity contribution in [1.82, 2.24) is 5.32 Å². The molecule has 1 saturated carbocycles. The summed E-state index contributed by atoms with van der Waals surface area (Å²) in [5, 5.41) is 12.9. The van der Waals surface area contributed by atoms with Crippen LogP contribution in [-0.2, 0) is 0 Å². The lowest BCUT2D eigenvalue weighted by atomic mass is 9.97. The van der Waals surface area contributed by atoms with Gasteiger partial charge in [0.1, 0.15) is 0 Å². The highest BCUT2D eigenvalue weighted by atomic mass is 32.2. The van der Waals surface area contributed by atoms with Gasteiger partial charge in [-0.2, -0.15) is 11.8 Å². The predicted octanol–water partition coefficient (Wildman–Crippen LogP) is 2.13. The highest BCUT2D eigenvalue weighted by Gasteiger charge is 2.43. The molecule has 1 aliphatic carbocycles. The van der Waals surface area contributed by atoms with Crippen LogP contribution in [-0.4, -0.2) is 35.8 Å². The summed E-state index contributed by atoms with van der Waals surface area (Å²) in [7, 11) is 1.98. The average Bonchev–Trinajstić information content (AvgIpc) is 3.09. The molecule has 2 nitrogen and oxygen atoms in total. The van der Waals surface area contributed by atoms with Crippen molar-refractivity contribution in [2.24, 2.45) is 11.8 Å². The minimum Gasteiger partial charge on any atom is -0.394 e. The van der Waals surface area contributed by atoms with Gasteiger partial charge in [0.25, 0.3) is 0 Å². The number of aliphatic hydroxyl groups excluding tert-OH is 1. The smallest absolute Gasteiger partial charge is 0.0624 e. The molecule has 0 amide bonds. The highest BCUT2D eigenvalue weighted by Crippen LogP contribution is 2.41. The van der Waals surface area contributed by atoms with Gasteiger partial charge in [-0.25, -0.2) is 0 Å². The molecule has 3 heteroatoms. The minimum absolute atomic E-state index is 0.00186. The molecule has 1 rings (SSSR count). The van der Waals surface area contributed by atoms with Crippen molar-refractivity contribution in [2.75, 3.05) is 25.2 Å². The van der Waals surface area contributed by atoms with Crippen LogP contribution < -0.4 is 5.32 Å². The molecular formula is C12H25NOS. The molecule has 0 aromatic rings. The van der Waals surface area contributed by atoms with E-state index in [1.165, 1.54) is 25.0 Å². The maximum absolute atomic E-state index is 9.53. The zero-order chi connectivity index (χ0) is 11.3. The molecular weight excluding hydrogens is 206 g/mol. The Bertz CT molecular complexity index is 178. The van der Waals surface area contributed by atoms with Crippen molar-refractivity contribution in [1.29, 1.82) is 0 Å². The first-order valence-electron chi connectivity index (χ1n) is 6.06. The minimum atomic E-state index is -0.00186. The summed E-state index contributed by atoms with van der Waals surface area (Å²) in [5.41, 5.74) is -0.00186. The molecule has 90 valence electrons. The van der Waals surface area contributed by atoms with Crippen LogP contribution in [0.15, 0.2) is 0 Å². The van der Waals surface area contributed by atoms with Crippen LogP contribution in [0.4, 0.5) is 0 Å². The van der Waals surface area contributed by atoms with Gasteiger partial charge in [-0.3, -0.25) is 0 Å². The van der Waals surface area contributed by atoms with Gasteiger partial charge in [0.2, 0.25) is 0 Å². The SMILES string of the molecule is CCC(C)CSCC(CO)(NC)C1CC1. The molecule has 1 fully saturated rings. The molecule has 0 spiro atoms. The second-order valence-electron chi connectivity index (χ2n) is 4.87. The number of nitrogens with one attached hydrogen (secondary N) is 1. The van der Waals surface area contributed by atoms with Gasteiger partial charge in [-0.05, 0) is 37.5 Å². The van der Waals surface area contributed by atoms with E-state index in [-0.39, 0.29) is 12.1 Å². The zero-order valence-corrected chi connectivity index (χ0v) is 11.1. The maximum Gasteiger partial charge on any atom is 0.0624 e. The lowest BCUT2D eigenvalue weighted by Crippen LogP contribution is -2.51. The van der Waals surface area contributed by atoms with Crippen molar-refractivity contribution in [3.63, 3.8) is 0 Å². The summed E-state index contributed by atoms with van der Waals surface area (Å²) in [4.78, 5) is 0. The molecule has 2 N–H and O–H groups in total. The number of rotatable bonds is 8. The molecule has 15 heavy (non-hydrogen) atoms. The first-order chi connectivity index (χ1) is 7.18. The number of thioether (sulfide) groups is 1. The molecule has 0 heterocycles. The summed E-state index contributed by atoms with van der Waals surface area (Å²) in [6.07, 6.45) is 3.82. The summed E-state index contributed by atoms with van der Waals surface area (Å²) in [6.45, 7) is 4.81. The summed E-state index contributed by atoms with van der Waals surface area (Å²) in [5.74, 6) is 3.76.